The molecule has 0 atom stereocenters. The first-order valence-electron chi connectivity index (χ1n) is 8.01. The number of nitrogens with zero attached hydrogens (tertiary/aromatic N) is 3. The highest BCUT2D eigenvalue weighted by Gasteiger charge is 2.26. The van der Waals surface area contributed by atoms with Crippen LogP contribution >= 0.6 is 0 Å². The molecule has 1 saturated heterocycles. The molecule has 126 valence electrons. The fourth-order valence-corrected chi connectivity index (χ4v) is 2.85. The molecular weight excluding hydrogens is 318 g/mol. The van der Waals surface area contributed by atoms with Crippen LogP contribution in [0.4, 0.5) is 5.69 Å². The van der Waals surface area contributed by atoms with E-state index in [0.29, 0.717) is 43.0 Å². The largest absolute Gasteiger partial charge is 0.335 e. The maximum Gasteiger partial charge on any atom is 0.256 e. The van der Waals surface area contributed by atoms with Gasteiger partial charge in [0, 0.05) is 31.7 Å². The summed E-state index contributed by atoms with van der Waals surface area (Å²) in [5.74, 6) is -0.222. The quantitative estimate of drug-likeness (QED) is 0.638. The van der Waals surface area contributed by atoms with Crippen molar-refractivity contribution in [2.75, 3.05) is 26.2 Å². The number of carbonyl (C=O) groups excluding carboxylic acids is 3. The molecule has 1 heterocycles. The molecule has 2 amide bonds. The first-order valence-corrected chi connectivity index (χ1v) is 8.01. The highest BCUT2D eigenvalue weighted by Crippen LogP contribution is 2.21. The lowest BCUT2D eigenvalue weighted by atomic mass is 10.1. The van der Waals surface area contributed by atoms with E-state index in [4.69, 9.17) is 0 Å². The molecule has 3 rings (SSSR count). The molecule has 0 bridgehead atoms. The Kier molecular flexibility index (Phi) is 5.02. The van der Waals surface area contributed by atoms with Gasteiger partial charge in [0.25, 0.3) is 11.8 Å². The Bertz CT molecular complexity index is 821. The Hall–Kier alpha value is -3.24. The van der Waals surface area contributed by atoms with Gasteiger partial charge < -0.3 is 9.80 Å². The van der Waals surface area contributed by atoms with Gasteiger partial charge >= 0.3 is 0 Å². The molecule has 0 aromatic heterocycles. The monoisotopic (exact) mass is 335 g/mol. The maximum atomic E-state index is 12.7. The van der Waals surface area contributed by atoms with Gasteiger partial charge in [-0.2, -0.15) is 4.99 Å². The minimum absolute atomic E-state index is 0.0290. The number of para-hydroxylation sites is 1. The summed E-state index contributed by atoms with van der Waals surface area (Å²) in [5.41, 5.74) is 1.33. The summed E-state index contributed by atoms with van der Waals surface area (Å²) >= 11 is 0. The number of piperazine rings is 1. The second-order valence-electron chi connectivity index (χ2n) is 5.67. The number of isocyanates is 1. The Morgan fingerprint density at radius 3 is 2.00 bits per heavy atom. The van der Waals surface area contributed by atoms with Crippen molar-refractivity contribution in [1.29, 1.82) is 0 Å². The lowest BCUT2D eigenvalue weighted by Crippen LogP contribution is -2.50. The molecule has 0 radical (unpaired) electrons. The van der Waals surface area contributed by atoms with Gasteiger partial charge in [-0.1, -0.05) is 30.3 Å². The number of rotatable bonds is 3. The third kappa shape index (κ3) is 3.65. The summed E-state index contributed by atoms with van der Waals surface area (Å²) in [6.07, 6.45) is 1.47. The molecule has 6 heteroatoms. The number of amides is 2. The molecule has 2 aromatic rings. The van der Waals surface area contributed by atoms with Gasteiger partial charge in [-0.3, -0.25) is 9.59 Å². The molecule has 1 aliphatic rings. The van der Waals surface area contributed by atoms with Crippen LogP contribution < -0.4 is 0 Å². The zero-order valence-electron chi connectivity index (χ0n) is 13.6. The van der Waals surface area contributed by atoms with Crippen LogP contribution in [-0.4, -0.2) is 53.9 Å². The van der Waals surface area contributed by atoms with Crippen LogP contribution in [0.15, 0.2) is 59.6 Å². The van der Waals surface area contributed by atoms with Crippen molar-refractivity contribution in [3.8, 4) is 0 Å². The van der Waals surface area contributed by atoms with E-state index in [1.54, 1.807) is 46.2 Å². The van der Waals surface area contributed by atoms with Gasteiger partial charge in [0.05, 0.1) is 11.3 Å². The van der Waals surface area contributed by atoms with Gasteiger partial charge in [-0.05, 0) is 24.3 Å². The Balaban J connectivity index is 1.67. The van der Waals surface area contributed by atoms with E-state index in [1.807, 2.05) is 18.2 Å². The van der Waals surface area contributed by atoms with Gasteiger partial charge in [-0.25, -0.2) is 4.79 Å². The van der Waals surface area contributed by atoms with Gasteiger partial charge in [-0.15, -0.1) is 0 Å². The van der Waals surface area contributed by atoms with Crippen LogP contribution in [0.5, 0.6) is 0 Å². The van der Waals surface area contributed by atoms with Crippen molar-refractivity contribution in [3.05, 3.63) is 65.7 Å². The van der Waals surface area contributed by atoms with E-state index in [9.17, 15) is 14.4 Å². The minimum Gasteiger partial charge on any atom is -0.335 e. The van der Waals surface area contributed by atoms with E-state index in [2.05, 4.69) is 4.99 Å². The zero-order chi connectivity index (χ0) is 17.6. The second kappa shape index (κ2) is 7.55. The number of hydrogen-bond acceptors (Lipinski definition) is 4. The summed E-state index contributed by atoms with van der Waals surface area (Å²) in [6.45, 7) is 1.82. The van der Waals surface area contributed by atoms with Crippen molar-refractivity contribution in [1.82, 2.24) is 9.80 Å². The molecule has 2 aromatic carbocycles. The number of aliphatic imine (C=N–C) groups is 1. The van der Waals surface area contributed by atoms with E-state index >= 15 is 0 Å². The van der Waals surface area contributed by atoms with E-state index in [-0.39, 0.29) is 11.8 Å². The van der Waals surface area contributed by atoms with E-state index in [1.165, 1.54) is 6.08 Å². The minimum atomic E-state index is -0.193. The Labute approximate surface area is 145 Å². The van der Waals surface area contributed by atoms with Crippen LogP contribution in [-0.2, 0) is 4.79 Å². The molecule has 25 heavy (non-hydrogen) atoms. The van der Waals surface area contributed by atoms with Crippen LogP contribution in [0.1, 0.15) is 20.7 Å². The van der Waals surface area contributed by atoms with Crippen LogP contribution in [0.3, 0.4) is 0 Å². The van der Waals surface area contributed by atoms with Crippen molar-refractivity contribution in [2.45, 2.75) is 0 Å². The molecule has 0 saturated carbocycles. The zero-order valence-corrected chi connectivity index (χ0v) is 13.6. The van der Waals surface area contributed by atoms with Gasteiger partial charge in [0.1, 0.15) is 0 Å². The first kappa shape index (κ1) is 16.6. The van der Waals surface area contributed by atoms with Gasteiger partial charge in [0.2, 0.25) is 6.08 Å². The highest BCUT2D eigenvalue weighted by molar-refractivity contribution is 5.99. The molecule has 0 unspecified atom stereocenters. The van der Waals surface area contributed by atoms with Gasteiger partial charge in [0.15, 0.2) is 0 Å². The summed E-state index contributed by atoms with van der Waals surface area (Å²) in [7, 11) is 0. The van der Waals surface area contributed by atoms with E-state index < -0.39 is 0 Å². The van der Waals surface area contributed by atoms with Crippen LogP contribution in [0, 0.1) is 0 Å². The second-order valence-corrected chi connectivity index (χ2v) is 5.67. The summed E-state index contributed by atoms with van der Waals surface area (Å²) in [5, 5.41) is 0. The summed E-state index contributed by atoms with van der Waals surface area (Å²) in [6, 6.07) is 15.8. The van der Waals surface area contributed by atoms with Crippen molar-refractivity contribution in [2.24, 2.45) is 4.99 Å². The Morgan fingerprint density at radius 1 is 0.800 bits per heavy atom. The molecule has 1 fully saturated rings. The fraction of sp³-hybridized carbons (Fsp3) is 0.211. The Morgan fingerprint density at radius 2 is 1.36 bits per heavy atom. The average Bonchev–Trinajstić information content (AvgIpc) is 2.68. The predicted molar refractivity (Wildman–Crippen MR) is 92.5 cm³/mol. The van der Waals surface area contributed by atoms with Crippen molar-refractivity contribution >= 4 is 23.6 Å². The predicted octanol–water partition coefficient (Wildman–Crippen LogP) is 2.25. The number of carbonyl (C=O) groups is 2. The van der Waals surface area contributed by atoms with E-state index in [0.717, 1.165) is 0 Å². The normalized spacial score (nSPS) is 13.9. The van der Waals surface area contributed by atoms with Crippen LogP contribution in [0.25, 0.3) is 0 Å². The van der Waals surface area contributed by atoms with Crippen molar-refractivity contribution < 1.29 is 14.4 Å². The third-order valence-electron chi connectivity index (χ3n) is 4.18. The highest BCUT2D eigenvalue weighted by atomic mass is 16.2. The summed E-state index contributed by atoms with van der Waals surface area (Å²) < 4.78 is 0. The standard InChI is InChI=1S/C19H17N3O3/c23-14-20-17-9-5-4-8-16(17)19(25)22-12-10-21(11-13-22)18(24)15-6-2-1-3-7-15/h1-9H,10-13H2. The maximum absolute atomic E-state index is 12.7. The molecular formula is C19H17N3O3. The first-order chi connectivity index (χ1) is 12.2. The SMILES string of the molecule is O=C=Nc1ccccc1C(=O)N1CCN(C(=O)c2ccccc2)CC1. The lowest BCUT2D eigenvalue weighted by Gasteiger charge is -2.35. The topological polar surface area (TPSA) is 70.1 Å². The molecule has 1 aliphatic heterocycles. The fourth-order valence-electron chi connectivity index (χ4n) is 2.85. The average molecular weight is 335 g/mol. The van der Waals surface area contributed by atoms with Crippen LogP contribution in [0.2, 0.25) is 0 Å². The molecule has 0 spiro atoms. The summed E-state index contributed by atoms with van der Waals surface area (Å²) in [4.78, 5) is 42.6. The molecule has 0 aliphatic carbocycles. The third-order valence-corrected chi connectivity index (χ3v) is 4.18. The molecule has 0 N–H and O–H groups in total. The number of benzene rings is 2. The number of hydrogen-bond donors (Lipinski definition) is 0. The van der Waals surface area contributed by atoms with Crippen molar-refractivity contribution in [3.63, 3.8) is 0 Å². The molecule has 6 nitrogen and oxygen atoms in total. The smallest absolute Gasteiger partial charge is 0.256 e. The lowest BCUT2D eigenvalue weighted by molar-refractivity contribution is 0.0536.